The molecule has 2 fully saturated rings. The molecule has 0 bridgehead atoms. The summed E-state index contributed by atoms with van der Waals surface area (Å²) in [5.41, 5.74) is 1.77. The Kier molecular flexibility index (Phi) is 6.58. The molecule has 2 aromatic heterocycles. The van der Waals surface area contributed by atoms with Crippen LogP contribution in [0.2, 0.25) is 0 Å². The van der Waals surface area contributed by atoms with Crippen LogP contribution in [0.15, 0.2) is 29.2 Å². The van der Waals surface area contributed by atoms with Crippen LogP contribution in [0, 0.1) is 5.92 Å². The molecule has 38 heavy (non-hydrogen) atoms. The summed E-state index contributed by atoms with van der Waals surface area (Å²) in [6, 6.07) is 4.75. The van der Waals surface area contributed by atoms with Gasteiger partial charge in [0.1, 0.15) is 17.3 Å². The van der Waals surface area contributed by atoms with Crippen LogP contribution in [0.25, 0.3) is 22.3 Å². The molecule has 0 radical (unpaired) electrons. The van der Waals surface area contributed by atoms with E-state index in [-0.39, 0.29) is 30.5 Å². The van der Waals surface area contributed by atoms with Crippen LogP contribution in [0.3, 0.4) is 0 Å². The van der Waals surface area contributed by atoms with Crippen LogP contribution >= 0.6 is 0 Å². The zero-order valence-corrected chi connectivity index (χ0v) is 22.1. The molecule has 3 aromatic rings. The van der Waals surface area contributed by atoms with Crippen molar-refractivity contribution in [3.63, 3.8) is 0 Å². The van der Waals surface area contributed by atoms with E-state index in [2.05, 4.69) is 15.6 Å². The molecule has 0 aliphatic carbocycles. The third kappa shape index (κ3) is 4.94. The van der Waals surface area contributed by atoms with Gasteiger partial charge in [0.2, 0.25) is 11.8 Å². The van der Waals surface area contributed by atoms with Crippen LogP contribution in [0.1, 0.15) is 52.5 Å². The molecule has 4 heterocycles. The van der Waals surface area contributed by atoms with Crippen LogP contribution in [-0.4, -0.2) is 65.6 Å². The van der Waals surface area contributed by atoms with Crippen LogP contribution in [0.5, 0.6) is 0 Å². The maximum atomic E-state index is 13.2. The van der Waals surface area contributed by atoms with E-state index in [4.69, 9.17) is 4.74 Å². The number of fused-ring (bicyclic) bond motifs is 1. The molecule has 1 aromatic carbocycles. The number of benzene rings is 1. The molecule has 202 valence electrons. The number of hydrogen-bond donors (Lipinski definition) is 1. The third-order valence-electron chi connectivity index (χ3n) is 7.15. The number of nitrogens with zero attached hydrogens (tertiary/aromatic N) is 6. The number of imide groups is 1. The SMILES string of the molecule is Cn1c(=O)n(C2CCC(=O)NC2=O)c2cccc(-c3cn(CC4CCN(C(=O)OC(C)(C)C)CC4)nn3)c21. The average Bonchev–Trinajstić information content (AvgIpc) is 3.41. The maximum absolute atomic E-state index is 13.2. The number of aromatic nitrogens is 5. The van der Waals surface area contributed by atoms with Crippen molar-refractivity contribution in [2.75, 3.05) is 13.1 Å². The molecule has 1 atom stereocenters. The summed E-state index contributed by atoms with van der Waals surface area (Å²) in [5, 5.41) is 11.0. The van der Waals surface area contributed by atoms with Crippen molar-refractivity contribution in [3.05, 3.63) is 34.9 Å². The first-order valence-electron chi connectivity index (χ1n) is 12.9. The highest BCUT2D eigenvalue weighted by Crippen LogP contribution is 2.30. The van der Waals surface area contributed by atoms with E-state index in [1.165, 1.54) is 9.13 Å². The standard InChI is InChI=1S/C26H33N7O5/c1-26(2,3)38-25(37)31-12-10-16(11-13-31)14-32-15-18(28-29-32)17-6-5-7-19-22(17)30(4)24(36)33(19)20-8-9-21(34)27-23(20)35/h5-7,15-16,20H,8-14H2,1-4H3,(H,27,34,35). The van der Waals surface area contributed by atoms with E-state index in [0.717, 1.165) is 18.4 Å². The summed E-state index contributed by atoms with van der Waals surface area (Å²) in [7, 11) is 1.67. The quantitative estimate of drug-likeness (QED) is 0.519. The number of para-hydroxylation sites is 1. The lowest BCUT2D eigenvalue weighted by Gasteiger charge is -2.33. The minimum Gasteiger partial charge on any atom is -0.444 e. The summed E-state index contributed by atoms with van der Waals surface area (Å²) in [5.74, 6) is -0.450. The maximum Gasteiger partial charge on any atom is 0.410 e. The average molecular weight is 524 g/mol. The predicted molar refractivity (Wildman–Crippen MR) is 138 cm³/mol. The number of amides is 3. The molecule has 1 unspecified atom stereocenters. The molecule has 2 aliphatic rings. The first-order valence-corrected chi connectivity index (χ1v) is 12.9. The number of likely N-dealkylation sites (tertiary alicyclic amines) is 1. The van der Waals surface area contributed by atoms with Crippen molar-refractivity contribution < 1.29 is 19.1 Å². The van der Waals surface area contributed by atoms with Gasteiger partial charge in [-0.15, -0.1) is 5.10 Å². The monoisotopic (exact) mass is 523 g/mol. The fraction of sp³-hybridized carbons (Fsp3) is 0.538. The van der Waals surface area contributed by atoms with Crippen molar-refractivity contribution in [3.8, 4) is 11.3 Å². The highest BCUT2D eigenvalue weighted by Gasteiger charge is 2.32. The number of piperidine rings is 2. The number of imidazole rings is 1. The van der Waals surface area contributed by atoms with Crippen LogP contribution in [0.4, 0.5) is 4.79 Å². The van der Waals surface area contributed by atoms with Gasteiger partial charge < -0.3 is 9.64 Å². The molecule has 0 spiro atoms. The Morgan fingerprint density at radius 2 is 1.87 bits per heavy atom. The first kappa shape index (κ1) is 25.7. The van der Waals surface area contributed by atoms with Crippen LogP contribution < -0.4 is 11.0 Å². The molecule has 2 saturated heterocycles. The van der Waals surface area contributed by atoms with E-state index in [9.17, 15) is 19.2 Å². The number of carbonyl (C=O) groups excluding carboxylic acids is 3. The fourth-order valence-corrected chi connectivity index (χ4v) is 5.28. The normalized spacial score (nSPS) is 19.2. The number of ether oxygens (including phenoxy) is 1. The summed E-state index contributed by atoms with van der Waals surface area (Å²) in [6.45, 7) is 7.53. The van der Waals surface area contributed by atoms with Crippen molar-refractivity contribution >= 4 is 28.9 Å². The molecular formula is C26H33N7O5. The first-order chi connectivity index (χ1) is 18.0. The van der Waals surface area contributed by atoms with Gasteiger partial charge in [0.05, 0.1) is 17.2 Å². The summed E-state index contributed by atoms with van der Waals surface area (Å²) in [6.07, 6.45) is 3.73. The van der Waals surface area contributed by atoms with Gasteiger partial charge in [0.15, 0.2) is 0 Å². The zero-order valence-electron chi connectivity index (χ0n) is 22.1. The number of carbonyl (C=O) groups is 3. The molecule has 12 heteroatoms. The molecule has 5 rings (SSSR count). The molecule has 0 saturated carbocycles. The fourth-order valence-electron chi connectivity index (χ4n) is 5.28. The molecule has 12 nitrogen and oxygen atoms in total. The van der Waals surface area contributed by atoms with Gasteiger partial charge in [-0.3, -0.25) is 28.7 Å². The highest BCUT2D eigenvalue weighted by atomic mass is 16.6. The Bertz CT molecular complexity index is 1450. The third-order valence-corrected chi connectivity index (χ3v) is 7.15. The minimum absolute atomic E-state index is 0.184. The van der Waals surface area contributed by atoms with E-state index < -0.39 is 17.6 Å². The summed E-state index contributed by atoms with van der Waals surface area (Å²) in [4.78, 5) is 51.4. The van der Waals surface area contributed by atoms with Gasteiger partial charge in [-0.25, -0.2) is 9.59 Å². The molecule has 2 aliphatic heterocycles. The second-order valence-corrected chi connectivity index (χ2v) is 11.1. The van der Waals surface area contributed by atoms with Gasteiger partial charge in [-0.1, -0.05) is 17.3 Å². The summed E-state index contributed by atoms with van der Waals surface area (Å²) < 4.78 is 10.3. The number of nitrogens with one attached hydrogen (secondary N) is 1. The predicted octanol–water partition coefficient (Wildman–Crippen LogP) is 2.22. The molecule has 3 amide bonds. The van der Waals surface area contributed by atoms with Crippen molar-refractivity contribution in [1.29, 1.82) is 0 Å². The number of aryl methyl sites for hydroxylation is 1. The van der Waals surface area contributed by atoms with Gasteiger partial charge in [-0.05, 0) is 52.0 Å². The highest BCUT2D eigenvalue weighted by molar-refractivity contribution is 6.00. The van der Waals surface area contributed by atoms with Crippen molar-refractivity contribution in [1.82, 2.24) is 34.3 Å². The van der Waals surface area contributed by atoms with E-state index in [0.29, 0.717) is 42.3 Å². The number of hydrogen-bond acceptors (Lipinski definition) is 7. The van der Waals surface area contributed by atoms with E-state index >= 15 is 0 Å². The lowest BCUT2D eigenvalue weighted by molar-refractivity contribution is -0.135. The lowest BCUT2D eigenvalue weighted by Crippen LogP contribution is -2.44. The number of rotatable bonds is 4. The Morgan fingerprint density at radius 1 is 1.13 bits per heavy atom. The topological polar surface area (TPSA) is 133 Å². The van der Waals surface area contributed by atoms with Gasteiger partial charge in [-0.2, -0.15) is 0 Å². The largest absolute Gasteiger partial charge is 0.444 e. The Morgan fingerprint density at radius 3 is 2.55 bits per heavy atom. The van der Waals surface area contributed by atoms with E-state index in [1.807, 2.05) is 39.1 Å². The Hall–Kier alpha value is -3.96. The van der Waals surface area contributed by atoms with Gasteiger partial charge >= 0.3 is 11.8 Å². The minimum atomic E-state index is -0.749. The van der Waals surface area contributed by atoms with E-state index in [1.54, 1.807) is 22.7 Å². The van der Waals surface area contributed by atoms with Gasteiger partial charge in [0, 0.05) is 38.7 Å². The zero-order chi connectivity index (χ0) is 27.2. The smallest absolute Gasteiger partial charge is 0.410 e. The Labute approximate surface area is 219 Å². The lowest BCUT2D eigenvalue weighted by atomic mass is 9.97. The second kappa shape index (κ2) is 9.73. The molecule has 1 N–H and O–H groups in total. The van der Waals surface area contributed by atoms with Gasteiger partial charge in [0.25, 0.3) is 0 Å². The Balaban J connectivity index is 1.33. The van der Waals surface area contributed by atoms with Crippen LogP contribution in [-0.2, 0) is 27.9 Å². The second-order valence-electron chi connectivity index (χ2n) is 11.1. The summed E-state index contributed by atoms with van der Waals surface area (Å²) >= 11 is 0. The molecular weight excluding hydrogens is 490 g/mol. The van der Waals surface area contributed by atoms with Crippen molar-refractivity contribution in [2.24, 2.45) is 13.0 Å². The van der Waals surface area contributed by atoms with Crippen molar-refractivity contribution in [2.45, 2.75) is 64.6 Å².